The number of benzene rings is 3. The maximum absolute atomic E-state index is 13.8. The molecule has 0 heterocycles. The number of halogens is 7. The van der Waals surface area contributed by atoms with Crippen LogP contribution in [0, 0.1) is 0 Å². The van der Waals surface area contributed by atoms with E-state index in [-0.39, 0.29) is 5.56 Å². The zero-order valence-electron chi connectivity index (χ0n) is 17.5. The molecule has 0 aliphatic heterocycles. The third-order valence-corrected chi connectivity index (χ3v) is 8.87. The monoisotopic (exact) mass is 530 g/mol. The number of hydrogen-bond donors (Lipinski definition) is 0. The number of Topliss-reactive ketones (excluding diaryl/α,β-unsaturated/α-hetero) is 1. The van der Waals surface area contributed by atoms with Crippen LogP contribution in [0.15, 0.2) is 54.6 Å². The predicted octanol–water partition coefficient (Wildman–Crippen LogP) is 6.29. The Kier molecular flexibility index (Phi) is 6.46. The molecule has 13 heteroatoms. The van der Waals surface area contributed by atoms with Gasteiger partial charge in [-0.3, -0.25) is 4.79 Å². The van der Waals surface area contributed by atoms with E-state index in [1.54, 1.807) is 54.6 Å². The molecule has 3 rings (SSSR count). The Labute approximate surface area is 191 Å². The summed E-state index contributed by atoms with van der Waals surface area (Å²) >= 11 is 0. The summed E-state index contributed by atoms with van der Waals surface area (Å²) in [5, 5.41) is -4.42. The molecule has 0 N–H and O–H groups in total. The molecule has 0 saturated heterocycles. The second kappa shape index (κ2) is 8.38. The van der Waals surface area contributed by atoms with E-state index in [1.165, 1.54) is 0 Å². The zero-order chi connectivity index (χ0) is 25.7. The van der Waals surface area contributed by atoms with Crippen molar-refractivity contribution in [3.05, 3.63) is 60.2 Å². The molecule has 0 spiro atoms. The molecule has 0 atom stereocenters. The summed E-state index contributed by atoms with van der Waals surface area (Å²) in [6.07, 6.45) is -5.06. The number of carbonyl (C=O) groups is 1. The summed E-state index contributed by atoms with van der Waals surface area (Å²) in [4.78, 5) is 13.2. The molecule has 186 valence electrons. The Balaban J connectivity index is 2.00. The molecular weight excluding hydrogens is 513 g/mol. The van der Waals surface area contributed by atoms with Gasteiger partial charge in [0.2, 0.25) is 0 Å². The SMILES string of the molecule is CS(C)(CC(=O)c1c2ccccc2cc2ccccc12)OS(=O)(=O)C(F)(F)C(F)(F)C(F)(F)F. The second-order valence-corrected chi connectivity index (χ2v) is 12.9. The number of ketones is 1. The lowest BCUT2D eigenvalue weighted by Gasteiger charge is -2.33. The largest absolute Gasteiger partial charge is 0.461 e. The number of rotatable bonds is 7. The highest BCUT2D eigenvalue weighted by atomic mass is 32.3. The summed E-state index contributed by atoms with van der Waals surface area (Å²) in [5.41, 5.74) is 0.114. The Morgan fingerprint density at radius 3 is 1.71 bits per heavy atom. The van der Waals surface area contributed by atoms with Gasteiger partial charge in [0, 0.05) is 5.56 Å². The first-order chi connectivity index (χ1) is 15.4. The molecule has 0 aromatic heterocycles. The van der Waals surface area contributed by atoms with Crippen LogP contribution in [0.3, 0.4) is 0 Å². The van der Waals surface area contributed by atoms with Crippen LogP contribution >= 0.6 is 10.3 Å². The quantitative estimate of drug-likeness (QED) is 0.205. The first-order valence-corrected chi connectivity index (χ1v) is 13.3. The molecule has 0 amide bonds. The van der Waals surface area contributed by atoms with Crippen molar-refractivity contribution in [2.45, 2.75) is 17.4 Å². The van der Waals surface area contributed by atoms with Crippen molar-refractivity contribution in [1.82, 2.24) is 0 Å². The lowest BCUT2D eigenvalue weighted by Crippen LogP contribution is -2.56. The van der Waals surface area contributed by atoms with Gasteiger partial charge in [0.15, 0.2) is 5.78 Å². The fraction of sp³-hybridized carbons (Fsp3) is 0.286. The van der Waals surface area contributed by atoms with Crippen LogP contribution in [0.1, 0.15) is 10.4 Å². The van der Waals surface area contributed by atoms with Gasteiger partial charge in [0.05, 0.1) is 5.75 Å². The Morgan fingerprint density at radius 1 is 0.824 bits per heavy atom. The smallest absolute Gasteiger partial charge is 0.293 e. The van der Waals surface area contributed by atoms with E-state index in [2.05, 4.69) is 3.63 Å². The number of hydrogen-bond acceptors (Lipinski definition) is 4. The van der Waals surface area contributed by atoms with Gasteiger partial charge >= 0.3 is 27.5 Å². The van der Waals surface area contributed by atoms with Gasteiger partial charge in [-0.1, -0.05) is 48.5 Å². The highest BCUT2D eigenvalue weighted by Crippen LogP contribution is 2.54. The Hall–Kier alpha value is -2.38. The van der Waals surface area contributed by atoms with E-state index < -0.39 is 49.3 Å². The van der Waals surface area contributed by atoms with Crippen molar-refractivity contribution in [2.75, 3.05) is 18.3 Å². The van der Waals surface area contributed by atoms with Crippen molar-refractivity contribution >= 4 is 47.8 Å². The van der Waals surface area contributed by atoms with E-state index in [0.29, 0.717) is 21.5 Å². The molecule has 34 heavy (non-hydrogen) atoms. The zero-order valence-corrected chi connectivity index (χ0v) is 19.1. The summed E-state index contributed by atoms with van der Waals surface area (Å²) in [6, 6.07) is 15.1. The van der Waals surface area contributed by atoms with Crippen LogP contribution < -0.4 is 0 Å². The Bertz CT molecular complexity index is 1310. The van der Waals surface area contributed by atoms with E-state index in [4.69, 9.17) is 0 Å². The van der Waals surface area contributed by atoms with Crippen molar-refractivity contribution in [3.63, 3.8) is 0 Å². The first-order valence-electron chi connectivity index (χ1n) is 9.34. The van der Waals surface area contributed by atoms with Crippen molar-refractivity contribution in [3.8, 4) is 0 Å². The normalized spacial score (nSPS) is 14.5. The highest BCUT2D eigenvalue weighted by molar-refractivity contribution is 8.32. The van der Waals surface area contributed by atoms with Gasteiger partial charge in [-0.2, -0.15) is 39.2 Å². The van der Waals surface area contributed by atoms with Gasteiger partial charge in [-0.05, 0) is 40.1 Å². The standard InChI is InChI=1S/C21H17F7O4S2/c1-33(2,32-34(30,31)21(27,28)19(22,23)20(24,25)26)12-17(29)18-15-9-5-3-7-13(15)11-14-8-4-6-10-16(14)18/h3-11H,12H2,1-2H3. The van der Waals surface area contributed by atoms with Crippen LogP contribution in [0.5, 0.6) is 0 Å². The van der Waals surface area contributed by atoms with Crippen molar-refractivity contribution in [1.29, 1.82) is 0 Å². The second-order valence-electron chi connectivity index (χ2n) is 7.81. The van der Waals surface area contributed by atoms with Gasteiger partial charge in [0.25, 0.3) is 0 Å². The summed E-state index contributed by atoms with van der Waals surface area (Å²) in [6.45, 7) is 0. The third-order valence-electron chi connectivity index (χ3n) is 4.84. The Morgan fingerprint density at radius 2 is 1.26 bits per heavy atom. The van der Waals surface area contributed by atoms with E-state index >= 15 is 0 Å². The number of fused-ring (bicyclic) bond motifs is 2. The van der Waals surface area contributed by atoms with E-state index in [1.807, 2.05) is 0 Å². The average molecular weight is 530 g/mol. The van der Waals surface area contributed by atoms with Crippen LogP contribution in [0.25, 0.3) is 21.5 Å². The molecule has 0 unspecified atom stereocenters. The maximum atomic E-state index is 13.8. The summed E-state index contributed by atoms with van der Waals surface area (Å²) in [5.74, 6) is -8.50. The molecule has 3 aromatic rings. The minimum atomic E-state index is -6.91. The molecule has 0 aliphatic rings. The molecule has 0 bridgehead atoms. The minimum absolute atomic E-state index is 0.114. The number of carbonyl (C=O) groups excluding carboxylic acids is 1. The van der Waals surface area contributed by atoms with E-state index in [9.17, 15) is 43.9 Å². The van der Waals surface area contributed by atoms with Gasteiger partial charge in [0.1, 0.15) is 0 Å². The molecular formula is C21H17F7O4S2. The topological polar surface area (TPSA) is 60.4 Å². The van der Waals surface area contributed by atoms with Gasteiger partial charge in [-0.25, -0.2) is 3.63 Å². The van der Waals surface area contributed by atoms with Crippen LogP contribution in [0.2, 0.25) is 0 Å². The van der Waals surface area contributed by atoms with Crippen molar-refractivity contribution in [2.24, 2.45) is 0 Å². The first kappa shape index (κ1) is 26.2. The van der Waals surface area contributed by atoms with Gasteiger partial charge < -0.3 is 0 Å². The minimum Gasteiger partial charge on any atom is -0.293 e. The van der Waals surface area contributed by atoms with Crippen LogP contribution in [-0.2, 0) is 13.7 Å². The number of alkyl halides is 7. The predicted molar refractivity (Wildman–Crippen MR) is 116 cm³/mol. The van der Waals surface area contributed by atoms with Crippen LogP contribution in [-0.4, -0.2) is 49.8 Å². The van der Waals surface area contributed by atoms with Crippen molar-refractivity contribution < 1.29 is 47.6 Å². The fourth-order valence-corrected chi connectivity index (χ4v) is 7.01. The van der Waals surface area contributed by atoms with Crippen LogP contribution in [0.4, 0.5) is 30.7 Å². The lowest BCUT2D eigenvalue weighted by atomic mass is 9.95. The molecule has 0 saturated carbocycles. The molecule has 3 aromatic carbocycles. The average Bonchev–Trinajstić information content (AvgIpc) is 2.69. The third kappa shape index (κ3) is 4.48. The molecule has 0 aliphatic carbocycles. The highest BCUT2D eigenvalue weighted by Gasteiger charge is 2.79. The molecule has 0 fully saturated rings. The fourth-order valence-electron chi connectivity index (χ4n) is 3.33. The lowest BCUT2D eigenvalue weighted by molar-refractivity contribution is -0.333. The van der Waals surface area contributed by atoms with E-state index in [0.717, 1.165) is 12.5 Å². The molecule has 0 radical (unpaired) electrons. The molecule has 4 nitrogen and oxygen atoms in total. The maximum Gasteiger partial charge on any atom is 0.461 e. The summed E-state index contributed by atoms with van der Waals surface area (Å²) in [7, 11) is -10.2. The van der Waals surface area contributed by atoms with Gasteiger partial charge in [-0.15, -0.1) is 10.3 Å². The summed E-state index contributed by atoms with van der Waals surface area (Å²) < 4.78 is 119.